The van der Waals surface area contributed by atoms with Gasteiger partial charge in [-0.1, -0.05) is 18.7 Å². The van der Waals surface area contributed by atoms with E-state index in [1.54, 1.807) is 48.7 Å². The van der Waals surface area contributed by atoms with Gasteiger partial charge < -0.3 is 34.6 Å². The van der Waals surface area contributed by atoms with E-state index in [-0.39, 0.29) is 13.2 Å². The van der Waals surface area contributed by atoms with Crippen LogP contribution in [0.3, 0.4) is 0 Å². The molecule has 3 amide bonds. The number of nitrogens with zero attached hydrogens (tertiary/aromatic N) is 1. The summed E-state index contributed by atoms with van der Waals surface area (Å²) >= 11 is 0. The van der Waals surface area contributed by atoms with Crippen molar-refractivity contribution in [3.63, 3.8) is 0 Å². The SMILES string of the molecule is C=CC(COC(C)=O)OC(=O)NCc1cccc(NC(=O)Nc2ccc(-c3cnco3)c(OC)c2)c1. The lowest BCUT2D eigenvalue weighted by molar-refractivity contribution is -0.143. The monoisotopic (exact) mass is 494 g/mol. The molecule has 2 aromatic carbocycles. The minimum atomic E-state index is -0.769. The van der Waals surface area contributed by atoms with Crippen LogP contribution in [0.4, 0.5) is 21.0 Å². The van der Waals surface area contributed by atoms with Gasteiger partial charge >= 0.3 is 18.1 Å². The summed E-state index contributed by atoms with van der Waals surface area (Å²) in [6, 6.07) is 11.6. The smallest absolute Gasteiger partial charge is 0.408 e. The number of methoxy groups -OCH3 is 1. The highest BCUT2D eigenvalue weighted by Gasteiger charge is 2.13. The largest absolute Gasteiger partial charge is 0.496 e. The van der Waals surface area contributed by atoms with Crippen LogP contribution in [0.15, 0.2) is 72.1 Å². The number of rotatable bonds is 10. The molecule has 1 atom stereocenters. The molecule has 188 valence electrons. The number of esters is 1. The van der Waals surface area contributed by atoms with Crippen molar-refractivity contribution in [1.82, 2.24) is 10.3 Å². The Hall–Kier alpha value is -4.80. The van der Waals surface area contributed by atoms with Crippen LogP contribution in [0.1, 0.15) is 12.5 Å². The summed E-state index contributed by atoms with van der Waals surface area (Å²) in [5.41, 5.74) is 2.45. The summed E-state index contributed by atoms with van der Waals surface area (Å²) in [6.45, 7) is 4.84. The van der Waals surface area contributed by atoms with Crippen LogP contribution >= 0.6 is 0 Å². The number of carbonyl (C=O) groups is 3. The van der Waals surface area contributed by atoms with Gasteiger partial charge in [0.15, 0.2) is 18.3 Å². The molecule has 0 fully saturated rings. The molecule has 1 heterocycles. The maximum Gasteiger partial charge on any atom is 0.408 e. The van der Waals surface area contributed by atoms with Gasteiger partial charge in [0.1, 0.15) is 12.4 Å². The number of nitrogens with one attached hydrogen (secondary N) is 3. The molecule has 11 heteroatoms. The van der Waals surface area contributed by atoms with Crippen LogP contribution < -0.4 is 20.7 Å². The number of aromatic nitrogens is 1. The Morgan fingerprint density at radius 2 is 1.92 bits per heavy atom. The Morgan fingerprint density at radius 3 is 2.58 bits per heavy atom. The number of anilines is 2. The number of amides is 3. The van der Waals surface area contributed by atoms with Crippen molar-refractivity contribution in [1.29, 1.82) is 0 Å². The van der Waals surface area contributed by atoms with Crippen molar-refractivity contribution in [3.8, 4) is 17.1 Å². The minimum Gasteiger partial charge on any atom is -0.496 e. The van der Waals surface area contributed by atoms with Crippen LogP contribution in [-0.2, 0) is 20.8 Å². The maximum absolute atomic E-state index is 12.5. The van der Waals surface area contributed by atoms with E-state index >= 15 is 0 Å². The first-order valence-corrected chi connectivity index (χ1v) is 10.8. The van der Waals surface area contributed by atoms with Gasteiger partial charge in [-0.2, -0.15) is 0 Å². The van der Waals surface area contributed by atoms with E-state index in [1.807, 2.05) is 0 Å². The van der Waals surface area contributed by atoms with Crippen molar-refractivity contribution in [2.24, 2.45) is 0 Å². The van der Waals surface area contributed by atoms with Crippen molar-refractivity contribution >= 4 is 29.5 Å². The molecule has 3 N–H and O–H groups in total. The lowest BCUT2D eigenvalue weighted by Crippen LogP contribution is -2.30. The van der Waals surface area contributed by atoms with E-state index in [0.717, 1.165) is 5.56 Å². The van der Waals surface area contributed by atoms with Gasteiger partial charge in [0, 0.05) is 30.9 Å². The zero-order valence-corrected chi connectivity index (χ0v) is 19.8. The van der Waals surface area contributed by atoms with E-state index < -0.39 is 24.2 Å². The number of oxazole rings is 1. The molecule has 1 unspecified atom stereocenters. The molecule has 0 saturated carbocycles. The van der Waals surface area contributed by atoms with Crippen molar-refractivity contribution in [3.05, 3.63) is 73.3 Å². The van der Waals surface area contributed by atoms with E-state index in [9.17, 15) is 14.4 Å². The normalized spacial score (nSPS) is 11.1. The fourth-order valence-corrected chi connectivity index (χ4v) is 3.08. The molecule has 0 aliphatic carbocycles. The molecule has 0 saturated heterocycles. The number of urea groups is 1. The van der Waals surface area contributed by atoms with Crippen LogP contribution in [-0.4, -0.2) is 42.9 Å². The second-order valence-electron chi connectivity index (χ2n) is 7.40. The molecule has 0 bridgehead atoms. The Morgan fingerprint density at radius 1 is 1.14 bits per heavy atom. The first-order chi connectivity index (χ1) is 17.4. The second kappa shape index (κ2) is 12.6. The van der Waals surface area contributed by atoms with Crippen LogP contribution in [0.25, 0.3) is 11.3 Å². The lowest BCUT2D eigenvalue weighted by atomic mass is 10.1. The first kappa shape index (κ1) is 25.8. The first-order valence-electron chi connectivity index (χ1n) is 10.8. The topological polar surface area (TPSA) is 141 Å². The number of alkyl carbamates (subject to hydrolysis) is 1. The third-order valence-corrected chi connectivity index (χ3v) is 4.75. The Bertz CT molecular complexity index is 1210. The van der Waals surface area contributed by atoms with Gasteiger partial charge in [0.25, 0.3) is 0 Å². The van der Waals surface area contributed by atoms with E-state index in [2.05, 4.69) is 27.5 Å². The average molecular weight is 495 g/mol. The fraction of sp³-hybridized carbons (Fsp3) is 0.200. The van der Waals surface area contributed by atoms with Crippen LogP contribution in [0, 0.1) is 0 Å². The predicted octanol–water partition coefficient (Wildman–Crippen LogP) is 4.34. The average Bonchev–Trinajstić information content (AvgIpc) is 3.40. The van der Waals surface area contributed by atoms with Gasteiger partial charge in [-0.15, -0.1) is 0 Å². The third kappa shape index (κ3) is 7.62. The summed E-state index contributed by atoms with van der Waals surface area (Å²) in [4.78, 5) is 39.3. The Labute approximate surface area is 207 Å². The zero-order chi connectivity index (χ0) is 25.9. The molecule has 3 aromatic rings. The van der Waals surface area contributed by atoms with Crippen molar-refractivity contribution < 1.29 is 33.0 Å². The maximum atomic E-state index is 12.5. The van der Waals surface area contributed by atoms with Gasteiger partial charge in [-0.25, -0.2) is 14.6 Å². The van der Waals surface area contributed by atoms with Gasteiger partial charge in [-0.05, 0) is 35.9 Å². The molecule has 3 rings (SSSR count). The third-order valence-electron chi connectivity index (χ3n) is 4.75. The Kier molecular flexibility index (Phi) is 9.04. The fourth-order valence-electron chi connectivity index (χ4n) is 3.08. The summed E-state index contributed by atoms with van der Waals surface area (Å²) in [6.07, 6.45) is 2.79. The van der Waals surface area contributed by atoms with E-state index in [1.165, 1.54) is 26.5 Å². The van der Waals surface area contributed by atoms with Gasteiger partial charge in [-0.3, -0.25) is 4.79 Å². The summed E-state index contributed by atoms with van der Waals surface area (Å²) in [5.74, 6) is 0.569. The van der Waals surface area contributed by atoms with Crippen molar-refractivity contribution in [2.45, 2.75) is 19.6 Å². The quantitative estimate of drug-likeness (QED) is 0.279. The highest BCUT2D eigenvalue weighted by Crippen LogP contribution is 2.32. The standard InChI is InChI=1S/C25H26N4O7/c1-4-20(14-34-16(2)30)36-25(32)27-12-17-6-5-7-18(10-17)28-24(31)29-19-8-9-21(22(11-19)33-3)23-13-26-15-35-23/h4-11,13,15,20H,1,12,14H2,2-3H3,(H,27,32)(H2,28,29,31). The molecule has 1 aromatic heterocycles. The van der Waals surface area contributed by atoms with Crippen LogP contribution in [0.2, 0.25) is 0 Å². The summed E-state index contributed by atoms with van der Waals surface area (Å²) < 4.78 is 20.7. The predicted molar refractivity (Wildman–Crippen MR) is 132 cm³/mol. The number of hydrogen-bond acceptors (Lipinski definition) is 8. The number of benzene rings is 2. The summed E-state index contributed by atoms with van der Waals surface area (Å²) in [5, 5.41) is 8.08. The van der Waals surface area contributed by atoms with Crippen molar-refractivity contribution in [2.75, 3.05) is 24.4 Å². The molecule has 0 radical (unpaired) electrons. The van der Waals surface area contributed by atoms with Gasteiger partial charge in [0.05, 0.1) is 18.9 Å². The number of carbonyl (C=O) groups excluding carboxylic acids is 3. The molecule has 0 aliphatic rings. The minimum absolute atomic E-state index is 0.116. The second-order valence-corrected chi connectivity index (χ2v) is 7.40. The molecular weight excluding hydrogens is 468 g/mol. The van der Waals surface area contributed by atoms with E-state index in [0.29, 0.717) is 28.4 Å². The van der Waals surface area contributed by atoms with Gasteiger partial charge in [0.2, 0.25) is 0 Å². The Balaban J connectivity index is 1.53. The highest BCUT2D eigenvalue weighted by molar-refractivity contribution is 6.00. The molecule has 0 aliphatic heterocycles. The van der Waals surface area contributed by atoms with Crippen LogP contribution in [0.5, 0.6) is 5.75 Å². The van der Waals surface area contributed by atoms with E-state index in [4.69, 9.17) is 18.6 Å². The number of hydrogen-bond donors (Lipinski definition) is 3. The summed E-state index contributed by atoms with van der Waals surface area (Å²) in [7, 11) is 1.52. The molecule has 36 heavy (non-hydrogen) atoms. The number of ether oxygens (including phenoxy) is 3. The lowest BCUT2D eigenvalue weighted by Gasteiger charge is -2.15. The zero-order valence-electron chi connectivity index (χ0n) is 19.8. The molecule has 0 spiro atoms. The molecular formula is C25H26N4O7. The molecule has 11 nitrogen and oxygen atoms in total. The highest BCUT2D eigenvalue weighted by atomic mass is 16.6.